The number of hydrogen-bond donors (Lipinski definition) is 1. The summed E-state index contributed by atoms with van der Waals surface area (Å²) in [5, 5.41) is 4.76. The molecular formula is C15H16N4S2. The highest BCUT2D eigenvalue weighted by atomic mass is 32.1. The summed E-state index contributed by atoms with van der Waals surface area (Å²) < 4.78 is 0. The first-order valence-electron chi connectivity index (χ1n) is 7.30. The van der Waals surface area contributed by atoms with Gasteiger partial charge >= 0.3 is 0 Å². The van der Waals surface area contributed by atoms with Crippen molar-refractivity contribution < 1.29 is 0 Å². The molecule has 4 rings (SSSR count). The third kappa shape index (κ3) is 2.65. The van der Waals surface area contributed by atoms with Gasteiger partial charge in [-0.05, 0) is 18.9 Å². The molecule has 4 nitrogen and oxygen atoms in total. The Hall–Kier alpha value is -1.53. The second-order valence-electron chi connectivity index (χ2n) is 5.40. The lowest BCUT2D eigenvalue weighted by Crippen LogP contribution is -2.22. The zero-order valence-corrected chi connectivity index (χ0v) is 13.2. The Balaban J connectivity index is 1.68. The van der Waals surface area contributed by atoms with Crippen LogP contribution in [0.25, 0.3) is 20.0 Å². The highest BCUT2D eigenvalue weighted by Crippen LogP contribution is 2.37. The number of aromatic nitrogens is 3. The highest BCUT2D eigenvalue weighted by Gasteiger charge is 2.16. The summed E-state index contributed by atoms with van der Waals surface area (Å²) in [6, 6.07) is 2.75. The summed E-state index contributed by atoms with van der Waals surface area (Å²) in [7, 11) is 0. The van der Waals surface area contributed by atoms with E-state index in [2.05, 4.69) is 26.3 Å². The largest absolute Gasteiger partial charge is 0.367 e. The molecular weight excluding hydrogens is 300 g/mol. The molecule has 0 unspecified atom stereocenters. The van der Waals surface area contributed by atoms with Crippen molar-refractivity contribution in [3.63, 3.8) is 0 Å². The quantitative estimate of drug-likeness (QED) is 0.769. The van der Waals surface area contributed by atoms with Crippen LogP contribution >= 0.6 is 22.7 Å². The molecule has 0 amide bonds. The number of nitrogens with zero attached hydrogens (tertiary/aromatic N) is 3. The Morgan fingerprint density at radius 3 is 2.81 bits per heavy atom. The van der Waals surface area contributed by atoms with Crippen molar-refractivity contribution in [1.82, 2.24) is 15.0 Å². The van der Waals surface area contributed by atoms with Crippen molar-refractivity contribution in [3.05, 3.63) is 24.1 Å². The van der Waals surface area contributed by atoms with Gasteiger partial charge in [-0.3, -0.25) is 4.98 Å². The minimum absolute atomic E-state index is 0.559. The Bertz CT molecular complexity index is 729. The monoisotopic (exact) mass is 316 g/mol. The van der Waals surface area contributed by atoms with Gasteiger partial charge in [0, 0.05) is 17.1 Å². The smallest absolute Gasteiger partial charge is 0.138 e. The van der Waals surface area contributed by atoms with Gasteiger partial charge in [-0.15, -0.1) is 22.7 Å². The fraction of sp³-hybridized carbons (Fsp3) is 0.400. The van der Waals surface area contributed by atoms with Gasteiger partial charge in [-0.25, -0.2) is 9.97 Å². The molecule has 0 aliphatic heterocycles. The fourth-order valence-electron chi connectivity index (χ4n) is 2.87. The van der Waals surface area contributed by atoms with Crippen LogP contribution in [0.1, 0.15) is 32.1 Å². The minimum atomic E-state index is 0.559. The predicted octanol–water partition coefficient (Wildman–Crippen LogP) is 4.56. The molecule has 1 aliphatic carbocycles. The van der Waals surface area contributed by atoms with Crippen LogP contribution in [-0.2, 0) is 0 Å². The molecule has 0 spiro atoms. The van der Waals surface area contributed by atoms with Crippen LogP contribution in [0, 0.1) is 0 Å². The third-order valence-corrected chi connectivity index (χ3v) is 5.96. The first-order chi connectivity index (χ1) is 10.4. The zero-order chi connectivity index (χ0) is 14.1. The van der Waals surface area contributed by atoms with Crippen molar-refractivity contribution >= 4 is 38.7 Å². The summed E-state index contributed by atoms with van der Waals surface area (Å²) in [6.07, 6.45) is 10.1. The Morgan fingerprint density at radius 1 is 1.10 bits per heavy atom. The molecule has 0 radical (unpaired) electrons. The molecule has 0 atom stereocenters. The molecule has 1 saturated carbocycles. The molecule has 0 aromatic carbocycles. The molecule has 21 heavy (non-hydrogen) atoms. The maximum Gasteiger partial charge on any atom is 0.138 e. The first-order valence-corrected chi connectivity index (χ1v) is 9.00. The van der Waals surface area contributed by atoms with E-state index >= 15 is 0 Å². The molecule has 0 saturated heterocycles. The van der Waals surface area contributed by atoms with E-state index in [4.69, 9.17) is 0 Å². The molecule has 108 valence electrons. The Labute approximate surface area is 131 Å². The van der Waals surface area contributed by atoms with Crippen molar-refractivity contribution in [2.24, 2.45) is 0 Å². The number of fused-ring (bicyclic) bond motifs is 1. The minimum Gasteiger partial charge on any atom is -0.367 e. The number of nitrogens with one attached hydrogen (secondary N) is 1. The van der Waals surface area contributed by atoms with Crippen molar-refractivity contribution in [1.29, 1.82) is 0 Å². The topological polar surface area (TPSA) is 50.7 Å². The van der Waals surface area contributed by atoms with Gasteiger partial charge in [0.05, 0.1) is 15.8 Å². The second kappa shape index (κ2) is 5.69. The summed E-state index contributed by atoms with van der Waals surface area (Å²) in [5.74, 6) is 0.985. The number of thiophene rings is 1. The van der Waals surface area contributed by atoms with Gasteiger partial charge in [-0.2, -0.15) is 0 Å². The zero-order valence-electron chi connectivity index (χ0n) is 11.6. The van der Waals surface area contributed by atoms with Gasteiger partial charge in [-0.1, -0.05) is 19.3 Å². The molecule has 1 aliphatic rings. The molecule has 1 fully saturated rings. The molecule has 0 bridgehead atoms. The van der Waals surface area contributed by atoms with E-state index < -0.39 is 0 Å². The van der Waals surface area contributed by atoms with Crippen LogP contribution in [0.4, 0.5) is 5.82 Å². The van der Waals surface area contributed by atoms with E-state index in [1.165, 1.54) is 41.9 Å². The molecule has 3 heterocycles. The predicted molar refractivity (Wildman–Crippen MR) is 89.0 cm³/mol. The first kappa shape index (κ1) is 13.2. The van der Waals surface area contributed by atoms with Crippen molar-refractivity contribution in [3.8, 4) is 9.75 Å². The maximum absolute atomic E-state index is 4.47. The number of hydrogen-bond acceptors (Lipinski definition) is 6. The number of rotatable bonds is 3. The van der Waals surface area contributed by atoms with E-state index in [0.29, 0.717) is 6.04 Å². The van der Waals surface area contributed by atoms with Crippen LogP contribution in [0.2, 0.25) is 0 Å². The van der Waals surface area contributed by atoms with Crippen LogP contribution < -0.4 is 5.32 Å². The maximum atomic E-state index is 4.47. The average Bonchev–Trinajstić information content (AvgIpc) is 3.18. The van der Waals surface area contributed by atoms with E-state index in [0.717, 1.165) is 16.0 Å². The van der Waals surface area contributed by atoms with Gasteiger partial charge in [0.25, 0.3) is 0 Å². The molecule has 3 aromatic heterocycles. The highest BCUT2D eigenvalue weighted by molar-refractivity contribution is 7.25. The average molecular weight is 316 g/mol. The Morgan fingerprint density at radius 2 is 2.00 bits per heavy atom. The van der Waals surface area contributed by atoms with Gasteiger partial charge < -0.3 is 5.32 Å². The number of anilines is 1. The van der Waals surface area contributed by atoms with Gasteiger partial charge in [0.1, 0.15) is 17.0 Å². The van der Waals surface area contributed by atoms with E-state index in [1.54, 1.807) is 29.0 Å². The molecule has 6 heteroatoms. The summed E-state index contributed by atoms with van der Waals surface area (Å²) >= 11 is 3.37. The summed E-state index contributed by atoms with van der Waals surface area (Å²) in [6.45, 7) is 0. The summed E-state index contributed by atoms with van der Waals surface area (Å²) in [4.78, 5) is 16.5. The lowest BCUT2D eigenvalue weighted by atomic mass is 9.95. The normalized spacial score (nSPS) is 16.4. The van der Waals surface area contributed by atoms with Gasteiger partial charge in [0.15, 0.2) is 0 Å². The van der Waals surface area contributed by atoms with Crippen LogP contribution in [-0.4, -0.2) is 21.0 Å². The van der Waals surface area contributed by atoms with E-state index in [9.17, 15) is 0 Å². The third-order valence-electron chi connectivity index (χ3n) is 3.95. The molecule has 3 aromatic rings. The van der Waals surface area contributed by atoms with E-state index in [1.807, 2.05) is 11.7 Å². The Kier molecular flexibility index (Phi) is 3.57. The standard InChI is InChI=1S/C15H16N4S2/c1-2-4-10(5-3-1)19-14-11-6-12(13-7-16-9-20-13)21-15(11)18-8-17-14/h6-10H,1-5H2,(H,17,18,19). The number of thiazole rings is 1. The fourth-order valence-corrected chi connectivity index (χ4v) is 4.57. The van der Waals surface area contributed by atoms with Crippen LogP contribution in [0.3, 0.4) is 0 Å². The van der Waals surface area contributed by atoms with Gasteiger partial charge in [0.2, 0.25) is 0 Å². The lowest BCUT2D eigenvalue weighted by molar-refractivity contribution is 0.462. The molecule has 1 N–H and O–H groups in total. The van der Waals surface area contributed by atoms with Crippen LogP contribution in [0.15, 0.2) is 24.1 Å². The second-order valence-corrected chi connectivity index (χ2v) is 7.31. The van der Waals surface area contributed by atoms with E-state index in [-0.39, 0.29) is 0 Å². The van der Waals surface area contributed by atoms with Crippen molar-refractivity contribution in [2.45, 2.75) is 38.1 Å². The van der Waals surface area contributed by atoms with Crippen molar-refractivity contribution in [2.75, 3.05) is 5.32 Å². The van der Waals surface area contributed by atoms with Crippen LogP contribution in [0.5, 0.6) is 0 Å². The summed E-state index contributed by atoms with van der Waals surface area (Å²) in [5.41, 5.74) is 1.87. The lowest BCUT2D eigenvalue weighted by Gasteiger charge is -2.23. The SMILES string of the molecule is c1nc(NC2CCCCC2)c2cc(-c3cncs3)sc2n1.